The maximum Gasteiger partial charge on any atom is 0.243 e. The van der Waals surface area contributed by atoms with Crippen molar-refractivity contribution >= 4 is 17.6 Å². The largest absolute Gasteiger partial charge is 0.391 e. The second-order valence-corrected chi connectivity index (χ2v) is 10.9. The first-order valence-corrected chi connectivity index (χ1v) is 14.8. The van der Waals surface area contributed by atoms with Crippen molar-refractivity contribution in [1.29, 1.82) is 0 Å². The van der Waals surface area contributed by atoms with Gasteiger partial charge in [0.25, 0.3) is 0 Å². The van der Waals surface area contributed by atoms with E-state index in [1.54, 1.807) is 13.0 Å². The van der Waals surface area contributed by atoms with Crippen LogP contribution in [0.3, 0.4) is 0 Å². The fourth-order valence-corrected chi connectivity index (χ4v) is 4.60. The number of unbranched alkanes of at least 4 members (excludes halogenated alkanes) is 2. The minimum absolute atomic E-state index is 0.0564. The Kier molecular flexibility index (Phi) is 16.1. The minimum Gasteiger partial charge on any atom is -0.391 e. The molecule has 2 N–H and O–H groups in total. The van der Waals surface area contributed by atoms with E-state index in [2.05, 4.69) is 38.2 Å². The highest BCUT2D eigenvalue weighted by atomic mass is 16.5. The Hall–Kier alpha value is -3.00. The molecule has 0 aliphatic carbocycles. The average molecular weight is 558 g/mol. The Bertz CT molecular complexity index is 1020. The van der Waals surface area contributed by atoms with Crippen LogP contribution in [0.15, 0.2) is 40.9 Å². The molecule has 2 heterocycles. The molecule has 1 aliphatic rings. The molecule has 0 spiro atoms. The fraction of sp³-hybridized carbons (Fsp3) is 0.625. The van der Waals surface area contributed by atoms with E-state index < -0.39 is 24.1 Å². The lowest BCUT2D eigenvalue weighted by molar-refractivity contribution is -0.141. The van der Waals surface area contributed by atoms with Crippen molar-refractivity contribution in [2.45, 2.75) is 118 Å². The number of nitrogens with zero attached hydrogens (tertiary/aromatic N) is 2. The predicted molar refractivity (Wildman–Crippen MR) is 159 cm³/mol. The molecule has 0 saturated carbocycles. The van der Waals surface area contributed by atoms with Gasteiger partial charge in [-0.05, 0) is 25.3 Å². The zero-order valence-corrected chi connectivity index (χ0v) is 25.8. The van der Waals surface area contributed by atoms with Crippen LogP contribution >= 0.6 is 0 Å². The summed E-state index contributed by atoms with van der Waals surface area (Å²) in [4.78, 5) is 40.0. The van der Waals surface area contributed by atoms with Crippen molar-refractivity contribution in [3.63, 3.8) is 0 Å². The number of amides is 2. The Morgan fingerprint density at radius 3 is 2.15 bits per heavy atom. The number of carbonyl (C=O) groups is 3. The Balaban J connectivity index is 0.000000884. The highest BCUT2D eigenvalue weighted by Crippen LogP contribution is 2.31. The lowest BCUT2D eigenvalue weighted by atomic mass is 9.91. The molecule has 1 aromatic heterocycles. The van der Waals surface area contributed by atoms with Crippen molar-refractivity contribution in [2.24, 2.45) is 5.92 Å². The minimum atomic E-state index is -0.832. The maximum absolute atomic E-state index is 13.5. The third kappa shape index (κ3) is 11.2. The van der Waals surface area contributed by atoms with E-state index in [1.165, 1.54) is 37.5 Å². The van der Waals surface area contributed by atoms with Crippen LogP contribution in [-0.2, 0) is 14.4 Å². The predicted octanol–water partition coefficient (Wildman–Crippen LogP) is 6.13. The zero-order valence-electron chi connectivity index (χ0n) is 25.8. The van der Waals surface area contributed by atoms with E-state index in [1.807, 2.05) is 44.2 Å². The first kappa shape index (κ1) is 35.0. The summed E-state index contributed by atoms with van der Waals surface area (Å²) < 4.78 is 5.36. The molecular weight excluding hydrogens is 506 g/mol. The first-order valence-electron chi connectivity index (χ1n) is 14.8. The van der Waals surface area contributed by atoms with Crippen LogP contribution in [0.25, 0.3) is 0 Å². The number of likely N-dealkylation sites (tertiary alicyclic amines) is 1. The molecule has 0 radical (unpaired) electrons. The molecule has 4 atom stereocenters. The van der Waals surface area contributed by atoms with Crippen LogP contribution in [0, 0.1) is 12.8 Å². The summed E-state index contributed by atoms with van der Waals surface area (Å²) in [5.74, 6) is -0.983. The van der Waals surface area contributed by atoms with E-state index in [-0.39, 0.29) is 42.9 Å². The number of aliphatic hydroxyl groups excluding tert-OH is 1. The van der Waals surface area contributed by atoms with Crippen molar-refractivity contribution in [1.82, 2.24) is 15.4 Å². The number of β-amino-alcohol motifs (C(OH)–C–C–N with tert-alkyl or cyclic N) is 1. The number of carbonyl (C=O) groups excluding carboxylic acids is 3. The van der Waals surface area contributed by atoms with Crippen molar-refractivity contribution in [2.75, 3.05) is 6.54 Å². The summed E-state index contributed by atoms with van der Waals surface area (Å²) >= 11 is 0. The summed E-state index contributed by atoms with van der Waals surface area (Å²) in [7, 11) is 0. The molecule has 1 aromatic carbocycles. The SMILES string of the molecule is CC(=O)CC(NC(=O)C1CC(O)CN1C(=O)C(c1cc(C)no1)C(C)C)c1ccccc1.CCC.CCCCC. The maximum atomic E-state index is 13.5. The van der Waals surface area contributed by atoms with Crippen LogP contribution in [0.4, 0.5) is 0 Å². The van der Waals surface area contributed by atoms with Gasteiger partial charge < -0.3 is 19.8 Å². The summed E-state index contributed by atoms with van der Waals surface area (Å²) in [5.41, 5.74) is 1.48. The van der Waals surface area contributed by atoms with E-state index >= 15 is 0 Å². The summed E-state index contributed by atoms with van der Waals surface area (Å²) in [6.45, 7) is 15.8. The van der Waals surface area contributed by atoms with Crippen molar-refractivity contribution in [3.05, 3.63) is 53.4 Å². The number of hydrogen-bond donors (Lipinski definition) is 2. The summed E-state index contributed by atoms with van der Waals surface area (Å²) in [6.07, 6.45) is 4.80. The van der Waals surface area contributed by atoms with Gasteiger partial charge in [0.15, 0.2) is 0 Å². The van der Waals surface area contributed by atoms with Gasteiger partial charge in [0.1, 0.15) is 23.5 Å². The first-order chi connectivity index (χ1) is 19.0. The molecule has 8 heteroatoms. The number of rotatable bonds is 10. The van der Waals surface area contributed by atoms with E-state index in [0.717, 1.165) is 5.56 Å². The molecule has 8 nitrogen and oxygen atoms in total. The van der Waals surface area contributed by atoms with Gasteiger partial charge in [0.2, 0.25) is 11.8 Å². The van der Waals surface area contributed by atoms with Crippen LogP contribution in [-0.4, -0.2) is 51.5 Å². The highest BCUT2D eigenvalue weighted by molar-refractivity contribution is 5.91. The Morgan fingerprint density at radius 2 is 1.70 bits per heavy atom. The summed E-state index contributed by atoms with van der Waals surface area (Å²) in [6, 6.07) is 9.63. The number of hydrogen-bond acceptors (Lipinski definition) is 6. The number of benzene rings is 1. The molecule has 1 aliphatic heterocycles. The Morgan fingerprint density at radius 1 is 1.10 bits per heavy atom. The van der Waals surface area contributed by atoms with Gasteiger partial charge in [-0.25, -0.2) is 0 Å². The normalized spacial score (nSPS) is 17.7. The molecule has 4 unspecified atom stereocenters. The third-order valence-electron chi connectivity index (χ3n) is 6.47. The van der Waals surface area contributed by atoms with Gasteiger partial charge in [-0.1, -0.05) is 103 Å². The van der Waals surface area contributed by atoms with Gasteiger partial charge in [-0.3, -0.25) is 14.4 Å². The average Bonchev–Trinajstić information content (AvgIpc) is 3.50. The molecule has 2 aromatic rings. The van der Waals surface area contributed by atoms with E-state index in [0.29, 0.717) is 11.5 Å². The smallest absolute Gasteiger partial charge is 0.243 e. The number of nitrogens with one attached hydrogen (secondary N) is 1. The standard InChI is InChI=1S/C24H31N3O5.C5H12.C3H8/c1-14(2)22(21-10-15(3)26-32-21)24(31)27-13-18(29)12-20(27)23(30)25-19(11-16(4)28)17-8-6-5-7-9-17;1-3-5-4-2;1-3-2/h5-10,14,18-20,22,29H,11-13H2,1-4H3,(H,25,30);3-5H2,1-2H3;3H2,1-2H3. The van der Waals surface area contributed by atoms with Crippen LogP contribution in [0.5, 0.6) is 0 Å². The number of aromatic nitrogens is 1. The topological polar surface area (TPSA) is 113 Å². The molecule has 1 fully saturated rings. The van der Waals surface area contributed by atoms with Crippen molar-refractivity contribution in [3.8, 4) is 0 Å². The zero-order chi connectivity index (χ0) is 30.2. The van der Waals surface area contributed by atoms with Crippen LogP contribution in [0.2, 0.25) is 0 Å². The van der Waals surface area contributed by atoms with Gasteiger partial charge in [0.05, 0.1) is 17.8 Å². The second kappa shape index (κ2) is 18.4. The van der Waals surface area contributed by atoms with Gasteiger partial charge in [0, 0.05) is 25.5 Å². The number of Topliss-reactive ketones (excluding diaryl/α,β-unsaturated/α-hetero) is 1. The number of ketones is 1. The molecule has 224 valence electrons. The number of aliphatic hydroxyl groups is 1. The molecule has 40 heavy (non-hydrogen) atoms. The van der Waals surface area contributed by atoms with Gasteiger partial charge in [-0.15, -0.1) is 0 Å². The fourth-order valence-electron chi connectivity index (χ4n) is 4.60. The van der Waals surface area contributed by atoms with Crippen LogP contribution < -0.4 is 5.32 Å². The molecule has 0 bridgehead atoms. The quantitative estimate of drug-likeness (QED) is 0.363. The lowest BCUT2D eigenvalue weighted by Crippen LogP contribution is -2.49. The number of aryl methyl sites for hydroxylation is 1. The molecule has 3 rings (SSSR count). The Labute approximate surface area is 240 Å². The second-order valence-electron chi connectivity index (χ2n) is 10.9. The molecular formula is C32H51N3O5. The molecule has 2 amide bonds. The third-order valence-corrected chi connectivity index (χ3v) is 6.47. The summed E-state index contributed by atoms with van der Waals surface area (Å²) in [5, 5.41) is 17.1. The highest BCUT2D eigenvalue weighted by Gasteiger charge is 2.43. The van der Waals surface area contributed by atoms with Gasteiger partial charge in [-0.2, -0.15) is 0 Å². The van der Waals surface area contributed by atoms with Crippen LogP contribution in [0.1, 0.15) is 116 Å². The van der Waals surface area contributed by atoms with E-state index in [4.69, 9.17) is 4.52 Å². The van der Waals surface area contributed by atoms with Gasteiger partial charge >= 0.3 is 0 Å². The van der Waals surface area contributed by atoms with E-state index in [9.17, 15) is 19.5 Å². The monoisotopic (exact) mass is 557 g/mol. The molecule has 1 saturated heterocycles. The lowest BCUT2D eigenvalue weighted by Gasteiger charge is -2.30. The van der Waals surface area contributed by atoms with Crippen molar-refractivity contribution < 1.29 is 24.0 Å².